The molecule has 0 aromatic carbocycles. The van der Waals surface area contributed by atoms with Gasteiger partial charge in [0.05, 0.1) is 132 Å². The molecule has 5 saturated heterocycles. The molecule has 5 heterocycles. The van der Waals surface area contributed by atoms with Gasteiger partial charge in [0, 0.05) is 39.9 Å². The summed E-state index contributed by atoms with van der Waals surface area (Å²) in [5.74, 6) is -2.87. The van der Waals surface area contributed by atoms with E-state index in [1.54, 1.807) is 9.44 Å². The van der Waals surface area contributed by atoms with Crippen molar-refractivity contribution in [3.05, 3.63) is 0 Å². The summed E-state index contributed by atoms with van der Waals surface area (Å²) in [5.41, 5.74) is 0. The van der Waals surface area contributed by atoms with E-state index in [-0.39, 0.29) is 54.4 Å². The van der Waals surface area contributed by atoms with Gasteiger partial charge in [-0.2, -0.15) is 0 Å². The highest BCUT2D eigenvalue weighted by atomic mass is 32.3. The number of aliphatic hydroxyl groups excluding tert-OH is 6. The van der Waals surface area contributed by atoms with Crippen molar-refractivity contribution in [1.82, 2.24) is 14.2 Å². The standard InChI is InChI=1S/C7H15NO10S2.C6H13NO12S3.C6H13NO9S2.C6H10O8S.C6H10O5.CH4O.4H2O/c1-16-7-5(3-18-20(13,14)15)17-2-4(6(7)9)8-19(10,11)12;8-20(9,10)7-5-3-17-4(2-18-21(11,12)13)1-6(5)19-22(14,15)16;8-6-1-4(2-16-18(12,13)14)15-3-5(6)7-17(9,10)11;7-3-1-4(6(8)9)13-2-5(3)14-15(10,11)12;7-3-1-5(6(9)10)11-2-4(3)8;1-2;;;;/h4-9H,2-3H2,1H3,(H,10,11,12)(H,13,14,15);4-7H,1-3H2,(H,8,9,10)(H,11,12,13)(H,14,15,16);4-8H,1-3H2,(H,9,10,11)(H,12,13,14);3-5,7H,1-2H2,(H,8,9)(H,10,11,12);3-5,7-8H,1-2H2,(H,9,10);2H,1H3;4*1H2/p-10/t4?,5?,6-,7+;2*4?,5?,6-;3?,4?,5-;3-,4?,5?;;;;;/m01111...../s1. The molecule has 5 aliphatic heterocycles. The van der Waals surface area contributed by atoms with Crippen LogP contribution in [0.1, 0.15) is 25.7 Å². The Morgan fingerprint density at radius 1 is 0.424 bits per heavy atom. The van der Waals surface area contributed by atoms with Crippen molar-refractivity contribution in [2.75, 3.05) is 67.1 Å². The van der Waals surface area contributed by atoms with E-state index in [4.69, 9.17) is 34.3 Å². The number of hydrogen-bond donors (Lipinski definition) is 9. The summed E-state index contributed by atoms with van der Waals surface area (Å²) in [4.78, 5) is 20.5. The summed E-state index contributed by atoms with van der Waals surface area (Å²) in [6, 6.07) is -3.87. The first-order chi connectivity index (χ1) is 39.8. The van der Waals surface area contributed by atoms with Crippen molar-refractivity contribution >= 4 is 94.8 Å². The van der Waals surface area contributed by atoms with E-state index in [0.29, 0.717) is 0 Å². The smallest absolute Gasteiger partial charge is 0.218 e. The molecule has 0 radical (unpaired) electrons. The molecule has 0 aliphatic carbocycles. The van der Waals surface area contributed by atoms with Crippen LogP contribution < -0.4 is 24.4 Å². The van der Waals surface area contributed by atoms with Gasteiger partial charge in [-0.05, 0) is 0 Å². The molecule has 52 nitrogen and oxygen atoms in total. The molecular formula is C32H63N3O49S8-10. The molecule has 0 amide bonds. The lowest BCUT2D eigenvalue weighted by Gasteiger charge is -2.39. The highest BCUT2D eigenvalue weighted by Crippen LogP contribution is 2.23. The quantitative estimate of drug-likeness (QED) is 0.0359. The van der Waals surface area contributed by atoms with Gasteiger partial charge in [-0.1, -0.05) is 0 Å². The van der Waals surface area contributed by atoms with Crippen molar-refractivity contribution in [3.8, 4) is 0 Å². The van der Waals surface area contributed by atoms with Crippen molar-refractivity contribution in [2.24, 2.45) is 0 Å². The number of carboxylic acids is 2. The first-order valence-electron chi connectivity index (χ1n) is 22.9. The minimum atomic E-state index is -5.24. The van der Waals surface area contributed by atoms with Gasteiger partial charge in [0.15, 0.2) is 30.9 Å². The summed E-state index contributed by atoms with van der Waals surface area (Å²) in [7, 11) is -37.4. The molecular weight excluding hydrogens is 1470 g/mol. The topological polar surface area (TPSA) is 923 Å². The van der Waals surface area contributed by atoms with Crippen molar-refractivity contribution in [3.63, 3.8) is 0 Å². The molecule has 16 atom stereocenters. The largest absolute Gasteiger partial charge is 0.735 e. The van der Waals surface area contributed by atoms with Gasteiger partial charge in [0.25, 0.3) is 0 Å². The molecule has 0 spiro atoms. The van der Waals surface area contributed by atoms with Gasteiger partial charge in [-0.25, -0.2) is 81.5 Å². The fraction of sp³-hybridized carbons (Fsp3) is 0.938. The van der Waals surface area contributed by atoms with Crippen LogP contribution in [-0.2, 0) is 142 Å². The average Bonchev–Trinajstić information content (AvgIpc) is 1.15. The highest BCUT2D eigenvalue weighted by Gasteiger charge is 2.41. The van der Waals surface area contributed by atoms with Crippen LogP contribution in [0, 0.1) is 0 Å². The number of rotatable bonds is 22. The monoisotopic (exact) mass is 1530 g/mol. The fourth-order valence-electron chi connectivity index (χ4n) is 6.94. The molecule has 0 bridgehead atoms. The Bertz CT molecular complexity index is 3090. The van der Waals surface area contributed by atoms with E-state index in [1.165, 1.54) is 4.72 Å². The zero-order valence-corrected chi connectivity index (χ0v) is 52.6. The number of carbonyl (C=O) groups excluding carboxylic acids is 2. The summed E-state index contributed by atoms with van der Waals surface area (Å²) in [6.07, 6.45) is -17.1. The molecule has 558 valence electrons. The molecule has 5 fully saturated rings. The van der Waals surface area contributed by atoms with Gasteiger partial charge in [-0.3, -0.25) is 20.9 Å². The van der Waals surface area contributed by atoms with Crippen LogP contribution >= 0.6 is 0 Å². The lowest BCUT2D eigenvalue weighted by atomic mass is 9.99. The van der Waals surface area contributed by atoms with Crippen LogP contribution in [-0.4, -0.2) is 333 Å². The number of carboxylic acid groups (broad SMARTS) is 2. The van der Waals surface area contributed by atoms with Crippen LogP contribution in [0.4, 0.5) is 0 Å². The Balaban J connectivity index is -0.000000341. The maximum atomic E-state index is 10.6. The zero-order valence-electron chi connectivity index (χ0n) is 46.1. The fourth-order valence-corrected chi connectivity index (χ4v) is 10.6. The van der Waals surface area contributed by atoms with E-state index in [9.17, 15) is 139 Å². The number of carbonyl (C=O) groups is 2. The van der Waals surface area contributed by atoms with E-state index in [1.807, 2.05) is 0 Å². The number of methoxy groups -OCH3 is 1. The van der Waals surface area contributed by atoms with Crippen molar-refractivity contribution < 1.29 is 225 Å². The third kappa shape index (κ3) is 45.7. The third-order valence-electron chi connectivity index (χ3n) is 10.6. The summed E-state index contributed by atoms with van der Waals surface area (Å²) in [6.45, 7) is -4.12. The molecule has 0 aromatic heterocycles. The SMILES string of the molecule is CO.CO[C@@H]1C(COS(=O)(=O)[O-])OCC(NS(=O)(=O)[O-])[C@@H]1O.O.O.O.O.O=C([O-])C1CC(O)[C@H](OS(=O)(=O)[O-])CO1.O=C([O-])C1C[C@@H](O)C(O)CO1.O=S(=O)([O-])NC1COC(COS(=O)(=O)[O-])C[C@H]1O.O=S(=O)([O-])NC1COC(COS(=O)(=O)[O-])C[C@H]1OS(=O)(=O)[O-]. The molecule has 5 rings (SSSR count). The Labute approximate surface area is 522 Å². The van der Waals surface area contributed by atoms with Gasteiger partial charge in [0.1, 0.15) is 30.5 Å². The van der Waals surface area contributed by atoms with Gasteiger partial charge >= 0.3 is 0 Å². The average molecular weight is 1530 g/mol. The predicted molar refractivity (Wildman–Crippen MR) is 267 cm³/mol. The highest BCUT2D eigenvalue weighted by molar-refractivity contribution is 7.84. The first-order valence-corrected chi connectivity index (χ1v) is 33.8. The zero-order chi connectivity index (χ0) is 68.8. The van der Waals surface area contributed by atoms with Crippen LogP contribution in [0.5, 0.6) is 0 Å². The van der Waals surface area contributed by atoms with Crippen LogP contribution in [0.25, 0.3) is 0 Å². The number of ether oxygens (including phenoxy) is 6. The van der Waals surface area contributed by atoms with E-state index >= 15 is 0 Å². The summed E-state index contributed by atoms with van der Waals surface area (Å²) < 4.78 is 303. The molecule has 0 saturated carbocycles. The van der Waals surface area contributed by atoms with Crippen molar-refractivity contribution in [2.45, 2.75) is 123 Å². The second-order valence-corrected chi connectivity index (χ2v) is 25.8. The molecule has 5 aliphatic rings. The van der Waals surface area contributed by atoms with E-state index in [0.717, 1.165) is 14.2 Å². The molecule has 92 heavy (non-hydrogen) atoms. The Kier molecular flexibility index (Phi) is 45.6. The van der Waals surface area contributed by atoms with Crippen LogP contribution in [0.3, 0.4) is 0 Å². The maximum absolute atomic E-state index is 10.6. The first kappa shape index (κ1) is 97.9. The van der Waals surface area contributed by atoms with Gasteiger partial charge in [-0.15, -0.1) is 0 Å². The summed E-state index contributed by atoms with van der Waals surface area (Å²) in [5, 5.41) is 74.0. The number of hydrogen-bond acceptors (Lipinski definition) is 45. The number of aliphatic hydroxyl groups is 6. The maximum Gasteiger partial charge on any atom is 0.218 e. The molecule has 60 heteroatoms. The molecule has 10 unspecified atom stereocenters. The summed E-state index contributed by atoms with van der Waals surface area (Å²) >= 11 is 0. The Morgan fingerprint density at radius 2 is 0.783 bits per heavy atom. The van der Waals surface area contributed by atoms with Crippen molar-refractivity contribution in [1.29, 1.82) is 0 Å². The normalized spacial score (nSPS) is 29.5. The lowest BCUT2D eigenvalue weighted by molar-refractivity contribution is -0.322. The minimum Gasteiger partial charge on any atom is -0.735 e. The lowest BCUT2D eigenvalue weighted by Crippen LogP contribution is -2.60. The van der Waals surface area contributed by atoms with E-state index in [2.05, 4.69) is 30.4 Å². The Morgan fingerprint density at radius 3 is 1.15 bits per heavy atom. The van der Waals surface area contributed by atoms with E-state index < -0.39 is 238 Å². The third-order valence-corrected chi connectivity index (χ3v) is 14.6. The Hall–Kier alpha value is -2.74. The van der Waals surface area contributed by atoms with Gasteiger partial charge < -0.3 is 137 Å². The molecule has 0 aromatic rings. The van der Waals surface area contributed by atoms with Gasteiger partial charge in [0.2, 0.25) is 52.0 Å². The second-order valence-electron chi connectivity index (χ2n) is 17.2. The molecule has 17 N–H and O–H groups in total. The minimum absolute atomic E-state index is 0. The number of nitrogens with one attached hydrogen (secondary N) is 3. The van der Waals surface area contributed by atoms with Crippen LogP contribution in [0.15, 0.2) is 0 Å². The number of aliphatic carboxylic acids is 2. The predicted octanol–water partition coefficient (Wildman–Crippen LogP) is -19.5. The van der Waals surface area contributed by atoms with Crippen LogP contribution in [0.2, 0.25) is 0 Å². The second kappa shape index (κ2) is 42.8.